The van der Waals surface area contributed by atoms with Crippen molar-refractivity contribution in [3.05, 3.63) is 0 Å². The molecule has 5 heavy (non-hydrogen) atoms. The number of hydrogen-bond donors (Lipinski definition) is 0. The Kier molecular flexibility index (Phi) is 55.2. The first kappa shape index (κ1) is 15.9. The predicted octanol–water partition coefficient (Wildman–Crippen LogP) is 0.549. The first-order valence-electron chi connectivity index (χ1n) is 0.309. The van der Waals surface area contributed by atoms with Crippen LogP contribution < -0.4 is 0 Å². The average molecular weight is 121 g/mol. The standard InChI is InChI=1S/Al.Cl2O.Li/c;1-3-2;. The minimum absolute atomic E-state index is 0. The molecule has 0 atom stereocenters. The molecule has 5 heteroatoms. The Morgan fingerprint density at radius 3 is 1.20 bits per heavy atom. The summed E-state index contributed by atoms with van der Waals surface area (Å²) in [5, 5.41) is 0. The summed E-state index contributed by atoms with van der Waals surface area (Å²) in [5.74, 6) is 0. The zero-order valence-corrected chi connectivity index (χ0v) is 5.41. The van der Waals surface area contributed by atoms with Gasteiger partial charge in [0.25, 0.3) is 0 Å². The van der Waals surface area contributed by atoms with E-state index in [2.05, 4.69) is 27.6 Å². The van der Waals surface area contributed by atoms with Gasteiger partial charge >= 0.3 is 0 Å². The molecule has 0 N–H and O–H groups in total. The maximum atomic E-state index is 4.26. The Hall–Kier alpha value is 1.67. The van der Waals surface area contributed by atoms with Crippen LogP contribution in [0.4, 0.5) is 0 Å². The van der Waals surface area contributed by atoms with E-state index in [4.69, 9.17) is 0 Å². The fraction of sp³-hybridized carbons (Fsp3) is 0. The molecular weight excluding hydrogens is 121 g/mol. The summed E-state index contributed by atoms with van der Waals surface area (Å²) in [7, 11) is 0. The molecule has 0 saturated heterocycles. The Bertz CT molecular complexity index is 9.61. The topological polar surface area (TPSA) is 9.23 Å². The van der Waals surface area contributed by atoms with Crippen molar-refractivity contribution in [2.24, 2.45) is 0 Å². The molecule has 0 fully saturated rings. The zero-order chi connectivity index (χ0) is 2.71. The quantitative estimate of drug-likeness (QED) is 0.425. The maximum absolute atomic E-state index is 4.26. The molecule has 0 aromatic heterocycles. The van der Waals surface area contributed by atoms with Crippen LogP contribution in [-0.2, 0) is 3.84 Å². The van der Waals surface area contributed by atoms with Crippen molar-refractivity contribution in [2.75, 3.05) is 0 Å². The van der Waals surface area contributed by atoms with Gasteiger partial charge in [0.05, 0.1) is 23.7 Å². The van der Waals surface area contributed by atoms with Crippen LogP contribution in [-0.4, -0.2) is 36.2 Å². The van der Waals surface area contributed by atoms with Crippen molar-refractivity contribution >= 4 is 60.0 Å². The number of rotatable bonds is 0. The van der Waals surface area contributed by atoms with Crippen LogP contribution >= 0.6 is 23.7 Å². The Morgan fingerprint density at radius 1 is 1.20 bits per heavy atom. The van der Waals surface area contributed by atoms with Crippen molar-refractivity contribution in [1.82, 2.24) is 0 Å². The second kappa shape index (κ2) is 17.3. The van der Waals surface area contributed by atoms with Gasteiger partial charge in [0.2, 0.25) is 0 Å². The number of halogens is 2. The SMILES string of the molecule is ClOCl.[Al].[Li]. The van der Waals surface area contributed by atoms with Crippen molar-refractivity contribution in [3.8, 4) is 0 Å². The fourth-order valence-electron chi connectivity index (χ4n) is 0. The van der Waals surface area contributed by atoms with Gasteiger partial charge < -0.3 is 0 Å². The van der Waals surface area contributed by atoms with E-state index in [0.29, 0.717) is 0 Å². The van der Waals surface area contributed by atoms with Gasteiger partial charge in [-0.15, -0.1) is 0 Å². The molecule has 0 unspecified atom stereocenters. The van der Waals surface area contributed by atoms with E-state index in [1.54, 1.807) is 0 Å². The first-order chi connectivity index (χ1) is 1.41. The smallest absolute Gasteiger partial charge is 0.0832 e. The van der Waals surface area contributed by atoms with Gasteiger partial charge in [-0.2, -0.15) is 3.84 Å². The molecule has 0 spiro atoms. The molecule has 0 bridgehead atoms. The predicted molar refractivity (Wildman–Crippen MR) is 24.3 cm³/mol. The van der Waals surface area contributed by atoms with E-state index < -0.39 is 0 Å². The van der Waals surface area contributed by atoms with E-state index in [0.717, 1.165) is 0 Å². The molecule has 0 saturated carbocycles. The molecule has 0 aromatic carbocycles. The Balaban J connectivity index is -0.0000000200. The molecule has 0 aliphatic carbocycles. The van der Waals surface area contributed by atoms with E-state index in [-0.39, 0.29) is 36.2 Å². The molecule has 24 valence electrons. The summed E-state index contributed by atoms with van der Waals surface area (Å²) in [4.78, 5) is 0. The second-order valence-corrected chi connectivity index (χ2v) is 0.525. The summed E-state index contributed by atoms with van der Waals surface area (Å²) in [5.41, 5.74) is 0. The summed E-state index contributed by atoms with van der Waals surface area (Å²) in [6.07, 6.45) is 0. The van der Waals surface area contributed by atoms with Crippen LogP contribution in [0.5, 0.6) is 0 Å². The van der Waals surface area contributed by atoms with Crippen molar-refractivity contribution in [2.45, 2.75) is 0 Å². The van der Waals surface area contributed by atoms with Crippen LogP contribution in [0.15, 0.2) is 0 Å². The third-order valence-electron chi connectivity index (χ3n) is 0. The zero-order valence-electron chi connectivity index (χ0n) is 2.74. The van der Waals surface area contributed by atoms with Gasteiger partial charge in [-0.05, 0) is 0 Å². The molecule has 0 amide bonds. The molecule has 0 aromatic rings. The van der Waals surface area contributed by atoms with Crippen molar-refractivity contribution in [1.29, 1.82) is 0 Å². The van der Waals surface area contributed by atoms with Crippen LogP contribution in [0, 0.1) is 0 Å². The van der Waals surface area contributed by atoms with E-state index in [1.165, 1.54) is 0 Å². The van der Waals surface area contributed by atoms with Crippen LogP contribution in [0.1, 0.15) is 0 Å². The van der Waals surface area contributed by atoms with Crippen LogP contribution in [0.25, 0.3) is 0 Å². The molecule has 0 aliphatic heterocycles. The summed E-state index contributed by atoms with van der Waals surface area (Å²) < 4.78 is 3.19. The summed E-state index contributed by atoms with van der Waals surface area (Å²) in [6.45, 7) is 0. The monoisotopic (exact) mass is 120 g/mol. The van der Waals surface area contributed by atoms with E-state index in [1.807, 2.05) is 0 Å². The van der Waals surface area contributed by atoms with Gasteiger partial charge in [-0.3, -0.25) is 0 Å². The molecule has 1 nitrogen and oxygen atoms in total. The number of hydrogen-bond acceptors (Lipinski definition) is 1. The molecule has 0 aliphatic rings. The first-order valence-corrected chi connectivity index (χ1v) is 0.926. The average Bonchev–Trinajstić information content (AvgIpc) is 0.918. The Labute approximate surface area is 63.6 Å². The molecule has 4 radical (unpaired) electrons. The van der Waals surface area contributed by atoms with Gasteiger partial charge in [0, 0.05) is 36.2 Å². The molecule has 0 heterocycles. The summed E-state index contributed by atoms with van der Waals surface area (Å²) in [6, 6.07) is 0. The molecular formula is AlCl2LiO. The normalized spacial score (nSPS) is 3.60. The summed E-state index contributed by atoms with van der Waals surface area (Å²) >= 11 is 8.53. The van der Waals surface area contributed by atoms with Gasteiger partial charge in [0.1, 0.15) is 0 Å². The minimum Gasteiger partial charge on any atom is -0.166 e. The fourth-order valence-corrected chi connectivity index (χ4v) is 0. The largest absolute Gasteiger partial charge is 0.166 e. The van der Waals surface area contributed by atoms with Crippen LogP contribution in [0.2, 0.25) is 0 Å². The van der Waals surface area contributed by atoms with Crippen LogP contribution in [0.3, 0.4) is 0 Å². The molecule has 0 rings (SSSR count). The minimum atomic E-state index is 0. The van der Waals surface area contributed by atoms with Gasteiger partial charge in [0.15, 0.2) is 0 Å². The third-order valence-corrected chi connectivity index (χ3v) is 0. The van der Waals surface area contributed by atoms with Crippen molar-refractivity contribution in [3.63, 3.8) is 0 Å². The maximum Gasteiger partial charge on any atom is 0.0832 e. The van der Waals surface area contributed by atoms with E-state index >= 15 is 0 Å². The third kappa shape index (κ3) is 27.4. The van der Waals surface area contributed by atoms with Gasteiger partial charge in [-0.1, -0.05) is 0 Å². The van der Waals surface area contributed by atoms with Gasteiger partial charge in [-0.25, -0.2) is 0 Å². The van der Waals surface area contributed by atoms with Crippen molar-refractivity contribution < 1.29 is 3.84 Å². The second-order valence-electron chi connectivity index (χ2n) is 0.0583. The Morgan fingerprint density at radius 2 is 1.20 bits per heavy atom. The van der Waals surface area contributed by atoms with E-state index in [9.17, 15) is 0 Å².